The van der Waals surface area contributed by atoms with Crippen LogP contribution in [-0.4, -0.2) is 27.1 Å². The Hall–Kier alpha value is -1.26. The quantitative estimate of drug-likeness (QED) is 0.908. The third-order valence-corrected chi connectivity index (χ3v) is 4.86. The molecule has 1 fully saturated rings. The molecule has 1 N–H and O–H groups in total. The summed E-state index contributed by atoms with van der Waals surface area (Å²) in [6, 6.07) is 8.65. The molecule has 3 rings (SSSR count). The second-order valence-corrected chi connectivity index (χ2v) is 6.31. The molecule has 0 bridgehead atoms. The van der Waals surface area contributed by atoms with E-state index >= 15 is 0 Å². The summed E-state index contributed by atoms with van der Waals surface area (Å²) in [7, 11) is 0. The van der Waals surface area contributed by atoms with Crippen molar-refractivity contribution in [3.63, 3.8) is 0 Å². The lowest BCUT2D eigenvalue weighted by molar-refractivity contribution is 0.646. The Bertz CT molecular complexity index is 487. The van der Waals surface area contributed by atoms with Gasteiger partial charge >= 0.3 is 0 Å². The highest BCUT2D eigenvalue weighted by Crippen LogP contribution is 2.25. The molecule has 2 aromatic rings. The minimum Gasteiger partial charge on any atom is -0.312 e. The smallest absolute Gasteiger partial charge is 0.0991 e. The van der Waals surface area contributed by atoms with Crippen LogP contribution in [0, 0.1) is 0 Å². The summed E-state index contributed by atoms with van der Waals surface area (Å²) in [5, 5.41) is 4.38. The molecule has 4 heteroatoms. The normalized spacial score (nSPS) is 18.8. The van der Waals surface area contributed by atoms with E-state index in [1.54, 1.807) is 6.20 Å². The van der Waals surface area contributed by atoms with Gasteiger partial charge in [-0.25, -0.2) is 4.98 Å². The van der Waals surface area contributed by atoms with Crippen molar-refractivity contribution in [2.45, 2.75) is 24.6 Å². The number of thioether (sulfide) groups is 1. The maximum absolute atomic E-state index is 4.06. The first-order chi connectivity index (χ1) is 9.42. The van der Waals surface area contributed by atoms with Crippen LogP contribution in [0.4, 0.5) is 0 Å². The minimum atomic E-state index is 0.824. The maximum Gasteiger partial charge on any atom is 0.0991 e. The Kier molecular flexibility index (Phi) is 4.20. The standard InChI is InChI=1S/C15H19N3S/c1-2-15(19-9-1)11-17-10-13-3-5-14(6-4-13)18-8-7-16-12-18/h3-8,12,15,17H,1-2,9-11H2. The van der Waals surface area contributed by atoms with Crippen molar-refractivity contribution in [2.24, 2.45) is 0 Å². The second-order valence-electron chi connectivity index (χ2n) is 4.90. The molecule has 19 heavy (non-hydrogen) atoms. The van der Waals surface area contributed by atoms with Crippen LogP contribution in [-0.2, 0) is 6.54 Å². The number of hydrogen-bond acceptors (Lipinski definition) is 3. The average Bonchev–Trinajstić information content (AvgIpc) is 3.13. The van der Waals surface area contributed by atoms with Crippen molar-refractivity contribution in [1.82, 2.24) is 14.9 Å². The first kappa shape index (κ1) is 12.8. The number of nitrogens with zero attached hydrogens (tertiary/aromatic N) is 2. The van der Waals surface area contributed by atoms with Gasteiger partial charge in [0.2, 0.25) is 0 Å². The van der Waals surface area contributed by atoms with E-state index in [1.807, 2.05) is 17.1 Å². The van der Waals surface area contributed by atoms with E-state index in [0.29, 0.717) is 0 Å². The third-order valence-electron chi connectivity index (χ3n) is 3.46. The number of rotatable bonds is 5. The van der Waals surface area contributed by atoms with Gasteiger partial charge in [-0.15, -0.1) is 0 Å². The molecule has 100 valence electrons. The summed E-state index contributed by atoms with van der Waals surface area (Å²) in [5.41, 5.74) is 2.50. The Morgan fingerprint density at radius 2 is 2.21 bits per heavy atom. The third kappa shape index (κ3) is 3.39. The summed E-state index contributed by atoms with van der Waals surface area (Å²) in [5.74, 6) is 1.34. The Morgan fingerprint density at radius 3 is 2.89 bits per heavy atom. The van der Waals surface area contributed by atoms with E-state index in [-0.39, 0.29) is 0 Å². The summed E-state index contributed by atoms with van der Waals surface area (Å²) in [6.07, 6.45) is 8.34. The number of imidazole rings is 1. The fourth-order valence-corrected chi connectivity index (χ4v) is 3.62. The summed E-state index contributed by atoms with van der Waals surface area (Å²) in [4.78, 5) is 4.06. The van der Waals surface area contributed by atoms with Crippen LogP contribution >= 0.6 is 11.8 Å². The van der Waals surface area contributed by atoms with Gasteiger partial charge in [0.1, 0.15) is 0 Å². The van der Waals surface area contributed by atoms with E-state index in [0.717, 1.165) is 24.0 Å². The lowest BCUT2D eigenvalue weighted by Gasteiger charge is -2.10. The Balaban J connectivity index is 1.51. The monoisotopic (exact) mass is 273 g/mol. The highest BCUT2D eigenvalue weighted by Gasteiger charge is 2.14. The SMILES string of the molecule is c1cn(-c2ccc(CNCC3CCCS3)cc2)cn1. The fraction of sp³-hybridized carbons (Fsp3) is 0.400. The maximum atomic E-state index is 4.06. The van der Waals surface area contributed by atoms with Crippen LogP contribution in [0.3, 0.4) is 0 Å². The van der Waals surface area contributed by atoms with Crippen molar-refractivity contribution in [3.8, 4) is 5.69 Å². The van der Waals surface area contributed by atoms with Crippen LogP contribution in [0.2, 0.25) is 0 Å². The van der Waals surface area contributed by atoms with Gasteiger partial charge in [0.15, 0.2) is 0 Å². The van der Waals surface area contributed by atoms with E-state index in [4.69, 9.17) is 0 Å². The molecule has 3 nitrogen and oxygen atoms in total. The van der Waals surface area contributed by atoms with Gasteiger partial charge in [0, 0.05) is 36.4 Å². The topological polar surface area (TPSA) is 29.9 Å². The number of aromatic nitrogens is 2. The largest absolute Gasteiger partial charge is 0.312 e. The average molecular weight is 273 g/mol. The molecule has 1 unspecified atom stereocenters. The summed E-state index contributed by atoms with van der Waals surface area (Å²) in [6.45, 7) is 2.09. The molecule has 1 aromatic heterocycles. The molecule has 1 aliphatic heterocycles. The number of hydrogen-bond donors (Lipinski definition) is 1. The molecule has 0 spiro atoms. The van der Waals surface area contributed by atoms with Gasteiger partial charge in [-0.2, -0.15) is 11.8 Å². The predicted octanol–water partition coefficient (Wildman–Crippen LogP) is 2.86. The second kappa shape index (κ2) is 6.26. The highest BCUT2D eigenvalue weighted by atomic mass is 32.2. The number of nitrogens with one attached hydrogen (secondary N) is 1. The molecule has 1 saturated heterocycles. The van der Waals surface area contributed by atoms with Crippen molar-refractivity contribution < 1.29 is 0 Å². The molecule has 0 amide bonds. The summed E-state index contributed by atoms with van der Waals surface area (Å²) >= 11 is 2.11. The highest BCUT2D eigenvalue weighted by molar-refractivity contribution is 8.00. The molecule has 2 heterocycles. The molecular weight excluding hydrogens is 254 g/mol. The lowest BCUT2D eigenvalue weighted by atomic mass is 10.2. The lowest BCUT2D eigenvalue weighted by Crippen LogP contribution is -2.22. The van der Waals surface area contributed by atoms with Crippen LogP contribution in [0.15, 0.2) is 43.0 Å². The fourth-order valence-electron chi connectivity index (χ4n) is 2.38. The Labute approximate surface area is 118 Å². The van der Waals surface area contributed by atoms with Crippen molar-refractivity contribution in [2.75, 3.05) is 12.3 Å². The van der Waals surface area contributed by atoms with Gasteiger partial charge in [0.25, 0.3) is 0 Å². The molecule has 0 radical (unpaired) electrons. The van der Waals surface area contributed by atoms with Crippen LogP contribution in [0.5, 0.6) is 0 Å². The minimum absolute atomic E-state index is 0.824. The molecule has 1 aliphatic rings. The zero-order chi connectivity index (χ0) is 12.9. The first-order valence-corrected chi connectivity index (χ1v) is 7.86. The molecule has 0 aliphatic carbocycles. The Morgan fingerprint density at radius 1 is 1.32 bits per heavy atom. The van der Waals surface area contributed by atoms with Gasteiger partial charge in [0.05, 0.1) is 6.33 Å². The van der Waals surface area contributed by atoms with Crippen LogP contribution in [0.1, 0.15) is 18.4 Å². The molecule has 1 aromatic carbocycles. The zero-order valence-electron chi connectivity index (χ0n) is 11.0. The predicted molar refractivity (Wildman–Crippen MR) is 80.8 cm³/mol. The van der Waals surface area contributed by atoms with Gasteiger partial charge in [-0.3, -0.25) is 0 Å². The van der Waals surface area contributed by atoms with E-state index in [1.165, 1.54) is 24.2 Å². The van der Waals surface area contributed by atoms with Crippen molar-refractivity contribution in [1.29, 1.82) is 0 Å². The first-order valence-electron chi connectivity index (χ1n) is 6.81. The summed E-state index contributed by atoms with van der Waals surface area (Å²) < 4.78 is 2.02. The zero-order valence-corrected chi connectivity index (χ0v) is 11.8. The van der Waals surface area contributed by atoms with E-state index in [9.17, 15) is 0 Å². The van der Waals surface area contributed by atoms with Gasteiger partial charge < -0.3 is 9.88 Å². The van der Waals surface area contributed by atoms with Crippen molar-refractivity contribution >= 4 is 11.8 Å². The van der Waals surface area contributed by atoms with E-state index in [2.05, 4.69) is 46.3 Å². The van der Waals surface area contributed by atoms with Gasteiger partial charge in [-0.05, 0) is 36.3 Å². The van der Waals surface area contributed by atoms with Crippen LogP contribution in [0.25, 0.3) is 5.69 Å². The van der Waals surface area contributed by atoms with Crippen LogP contribution < -0.4 is 5.32 Å². The van der Waals surface area contributed by atoms with E-state index < -0.39 is 0 Å². The van der Waals surface area contributed by atoms with Gasteiger partial charge in [-0.1, -0.05) is 12.1 Å². The van der Waals surface area contributed by atoms with Crippen molar-refractivity contribution in [3.05, 3.63) is 48.5 Å². The molecule has 1 atom stereocenters. The molecule has 0 saturated carbocycles. The number of benzene rings is 1. The molecular formula is C15H19N3S.